The molecule has 0 bridgehead atoms. The molecule has 2 aromatic heterocycles. The van der Waals surface area contributed by atoms with Crippen LogP contribution in [-0.2, 0) is 16.0 Å². The molecule has 0 aliphatic heterocycles. The minimum Gasteiger partial charge on any atom is -0.508 e. The first-order valence-electron chi connectivity index (χ1n) is 13.8. The fourth-order valence-corrected chi connectivity index (χ4v) is 4.55. The zero-order valence-electron chi connectivity index (χ0n) is 24.7. The van der Waals surface area contributed by atoms with E-state index < -0.39 is 17.7 Å². The number of aryl methyl sites for hydroxylation is 1. The number of Topliss-reactive ketones (excluding diaryl/α,β-unsaturated/α-hetero) is 1. The van der Waals surface area contributed by atoms with Crippen LogP contribution in [0, 0.1) is 6.92 Å². The first-order valence-corrected chi connectivity index (χ1v) is 13.8. The Hall–Kier alpha value is -4.06. The second kappa shape index (κ2) is 14.2. The average molecular weight is 597 g/mol. The summed E-state index contributed by atoms with van der Waals surface area (Å²) in [6.07, 6.45) is 2.29. The number of anilines is 1. The van der Waals surface area contributed by atoms with Crippen molar-refractivity contribution in [2.24, 2.45) is 0 Å². The van der Waals surface area contributed by atoms with Crippen LogP contribution < -0.4 is 15.4 Å². The average Bonchev–Trinajstić information content (AvgIpc) is 3.31. The van der Waals surface area contributed by atoms with Gasteiger partial charge >= 0.3 is 6.09 Å². The summed E-state index contributed by atoms with van der Waals surface area (Å²) in [5.41, 5.74) is 2.48. The Bertz CT molecular complexity index is 1520. The lowest BCUT2D eigenvalue weighted by Gasteiger charge is -2.23. The van der Waals surface area contributed by atoms with Gasteiger partial charge in [0.25, 0.3) is 0 Å². The van der Waals surface area contributed by atoms with Gasteiger partial charge in [0.15, 0.2) is 11.6 Å². The maximum atomic E-state index is 13.1. The van der Waals surface area contributed by atoms with Gasteiger partial charge in [0.2, 0.25) is 5.65 Å². The molecule has 3 N–H and O–H groups in total. The number of nitrogens with one attached hydrogen (secondary N) is 2. The van der Waals surface area contributed by atoms with Crippen molar-refractivity contribution in [3.8, 4) is 11.5 Å². The summed E-state index contributed by atoms with van der Waals surface area (Å²) in [4.78, 5) is 30.3. The van der Waals surface area contributed by atoms with E-state index in [0.717, 1.165) is 41.0 Å². The van der Waals surface area contributed by atoms with E-state index in [1.54, 1.807) is 52.1 Å². The van der Waals surface area contributed by atoms with Crippen molar-refractivity contribution >= 4 is 47.9 Å². The van der Waals surface area contributed by atoms with Crippen LogP contribution >= 0.6 is 13.5 Å². The molecule has 42 heavy (non-hydrogen) atoms. The molecule has 12 heteroatoms. The van der Waals surface area contributed by atoms with Gasteiger partial charge in [0.05, 0.1) is 24.2 Å². The van der Waals surface area contributed by atoms with Crippen LogP contribution in [0.25, 0.3) is 16.7 Å². The number of carbonyl (C=O) groups is 2. The molecule has 1 atom stereocenters. The van der Waals surface area contributed by atoms with E-state index >= 15 is 0 Å². The number of carbonyl (C=O) groups excluding carboxylic acids is 2. The highest BCUT2D eigenvalue weighted by molar-refractivity contribution is 7.59. The van der Waals surface area contributed by atoms with Gasteiger partial charge in [0.1, 0.15) is 22.9 Å². The predicted molar refractivity (Wildman–Crippen MR) is 167 cm³/mol. The summed E-state index contributed by atoms with van der Waals surface area (Å²) in [5.74, 6) is 2.20. The third kappa shape index (κ3) is 8.48. The van der Waals surface area contributed by atoms with Gasteiger partial charge in [0, 0.05) is 19.0 Å². The number of phenols is 1. The molecule has 0 spiro atoms. The Morgan fingerprint density at radius 2 is 1.79 bits per heavy atom. The molecule has 0 unspecified atom stereocenters. The topological polar surface area (TPSA) is 140 Å². The number of rotatable bonds is 12. The second-order valence-electron chi connectivity index (χ2n) is 11.0. The highest BCUT2D eigenvalue weighted by Gasteiger charge is 2.24. The standard InChI is InChI=1S/C30H38N6O5.H2S/c1-19-34-35-28-27(32-23-18-22(40-5)14-15-25(23)36(19)28)31-16-8-6-7-9-26(38)24(33-29(39)41-30(2,3)4)17-20-10-12-21(37)13-11-20;/h10-15,18,24,37H,6-9,16-17H2,1-5H3,(H,31,32)(H,33,39);1H2/t24-;/m0./s1. The molecule has 2 heterocycles. The first-order chi connectivity index (χ1) is 19.5. The van der Waals surface area contributed by atoms with Crippen molar-refractivity contribution in [1.82, 2.24) is 24.9 Å². The molecule has 4 aromatic rings. The second-order valence-corrected chi connectivity index (χ2v) is 11.0. The molecule has 4 rings (SSSR count). The fraction of sp³-hybridized carbons (Fsp3) is 0.433. The van der Waals surface area contributed by atoms with E-state index in [-0.39, 0.29) is 25.0 Å². The molecule has 0 saturated carbocycles. The summed E-state index contributed by atoms with van der Waals surface area (Å²) < 4.78 is 12.7. The van der Waals surface area contributed by atoms with Crippen molar-refractivity contribution in [3.63, 3.8) is 0 Å². The minimum atomic E-state index is -0.726. The molecule has 0 radical (unpaired) electrons. The number of alkyl carbamates (subject to hydrolysis) is 1. The van der Waals surface area contributed by atoms with E-state index in [1.165, 1.54) is 0 Å². The molecular weight excluding hydrogens is 556 g/mol. The molecule has 0 saturated heterocycles. The third-order valence-corrected chi connectivity index (χ3v) is 6.54. The number of ether oxygens (including phenoxy) is 2. The summed E-state index contributed by atoms with van der Waals surface area (Å²) in [5, 5.41) is 24.2. The number of ketones is 1. The van der Waals surface area contributed by atoms with Gasteiger partial charge < -0.3 is 25.2 Å². The highest BCUT2D eigenvalue weighted by Crippen LogP contribution is 2.25. The Labute approximate surface area is 252 Å². The molecule has 0 fully saturated rings. The summed E-state index contributed by atoms with van der Waals surface area (Å²) in [6.45, 7) is 7.87. The SMILES string of the molecule is COc1ccc2c(c1)nc(NCCCCCC(=O)[C@H](Cc1ccc(O)cc1)NC(=O)OC(C)(C)C)c1nnc(C)n12.S. The maximum Gasteiger partial charge on any atom is 0.408 e. The normalized spacial score (nSPS) is 12.0. The molecule has 0 aliphatic carbocycles. The van der Waals surface area contributed by atoms with Crippen molar-refractivity contribution in [2.75, 3.05) is 19.0 Å². The number of aromatic hydroxyl groups is 1. The summed E-state index contributed by atoms with van der Waals surface area (Å²) in [6, 6.07) is 11.6. The number of methoxy groups -OCH3 is 1. The third-order valence-electron chi connectivity index (χ3n) is 6.54. The molecule has 0 aliphatic rings. The number of aromatic nitrogens is 4. The minimum absolute atomic E-state index is 0. The van der Waals surface area contributed by atoms with Crippen LogP contribution in [0.5, 0.6) is 11.5 Å². The van der Waals surface area contributed by atoms with Crippen LogP contribution in [0.3, 0.4) is 0 Å². The van der Waals surface area contributed by atoms with Crippen molar-refractivity contribution < 1.29 is 24.2 Å². The van der Waals surface area contributed by atoms with Gasteiger partial charge in [-0.15, -0.1) is 10.2 Å². The predicted octanol–water partition coefficient (Wildman–Crippen LogP) is 5.09. The monoisotopic (exact) mass is 596 g/mol. The van der Waals surface area contributed by atoms with Crippen LogP contribution in [0.1, 0.15) is 57.8 Å². The van der Waals surface area contributed by atoms with E-state index in [2.05, 4.69) is 20.8 Å². The molecule has 1 amide bonds. The quantitative estimate of drug-likeness (QED) is 0.191. The lowest BCUT2D eigenvalue weighted by Crippen LogP contribution is -2.44. The van der Waals surface area contributed by atoms with E-state index in [4.69, 9.17) is 14.5 Å². The van der Waals surface area contributed by atoms with E-state index in [0.29, 0.717) is 37.3 Å². The number of unbranched alkanes of at least 4 members (excludes halogenated alkanes) is 2. The summed E-state index contributed by atoms with van der Waals surface area (Å²) in [7, 11) is 1.62. The molecule has 11 nitrogen and oxygen atoms in total. The van der Waals surface area contributed by atoms with E-state index in [9.17, 15) is 14.7 Å². The van der Waals surface area contributed by atoms with Gasteiger partial charge in [-0.1, -0.05) is 18.6 Å². The van der Waals surface area contributed by atoms with Crippen molar-refractivity contribution in [1.29, 1.82) is 0 Å². The molecule has 2 aromatic carbocycles. The van der Waals surface area contributed by atoms with Crippen molar-refractivity contribution in [2.45, 2.75) is 71.4 Å². The van der Waals surface area contributed by atoms with Gasteiger partial charge in [-0.25, -0.2) is 9.78 Å². The van der Waals surface area contributed by atoms with Gasteiger partial charge in [-0.3, -0.25) is 9.20 Å². The first kappa shape index (κ1) is 32.5. The molecule has 226 valence electrons. The van der Waals surface area contributed by atoms with E-state index in [1.807, 2.05) is 29.5 Å². The number of nitrogens with zero attached hydrogens (tertiary/aromatic N) is 4. The number of fused-ring (bicyclic) bond motifs is 3. The maximum absolute atomic E-state index is 13.1. The van der Waals surface area contributed by atoms with Crippen LogP contribution in [0.15, 0.2) is 42.5 Å². The largest absolute Gasteiger partial charge is 0.508 e. The molecular formula is C30H40N6O5S. The van der Waals surface area contributed by atoms with Gasteiger partial charge in [-0.2, -0.15) is 13.5 Å². The lowest BCUT2D eigenvalue weighted by molar-refractivity contribution is -0.121. The Balaban J connectivity index is 0.00000484. The Morgan fingerprint density at radius 1 is 1.05 bits per heavy atom. The number of benzene rings is 2. The zero-order chi connectivity index (χ0) is 29.6. The smallest absolute Gasteiger partial charge is 0.408 e. The Kier molecular flexibility index (Phi) is 11.0. The number of amides is 1. The number of hydrogen-bond donors (Lipinski definition) is 3. The Morgan fingerprint density at radius 3 is 2.48 bits per heavy atom. The zero-order valence-corrected chi connectivity index (χ0v) is 25.7. The number of hydrogen-bond acceptors (Lipinski definition) is 9. The lowest BCUT2D eigenvalue weighted by atomic mass is 9.98. The summed E-state index contributed by atoms with van der Waals surface area (Å²) >= 11 is 0. The van der Waals surface area contributed by atoms with Gasteiger partial charge in [-0.05, 0) is 76.8 Å². The van der Waals surface area contributed by atoms with Crippen LogP contribution in [0.2, 0.25) is 0 Å². The fourth-order valence-electron chi connectivity index (χ4n) is 4.55. The number of phenolic OH excluding ortho intramolecular Hbond substituents is 1. The highest BCUT2D eigenvalue weighted by atomic mass is 32.1. The van der Waals surface area contributed by atoms with Crippen LogP contribution in [-0.4, -0.2) is 61.9 Å². The van der Waals surface area contributed by atoms with Crippen molar-refractivity contribution in [3.05, 3.63) is 53.9 Å². The van der Waals surface area contributed by atoms with Crippen LogP contribution in [0.4, 0.5) is 10.6 Å².